The van der Waals surface area contributed by atoms with Gasteiger partial charge in [0.1, 0.15) is 5.82 Å². The Kier molecular flexibility index (Phi) is 4.76. The summed E-state index contributed by atoms with van der Waals surface area (Å²) in [6.07, 6.45) is 3.75. The molecule has 0 unspecified atom stereocenters. The molecule has 2 amide bonds. The summed E-state index contributed by atoms with van der Waals surface area (Å²) in [5, 5.41) is 10.4. The number of likely N-dealkylation sites (tertiary alicyclic amines) is 1. The van der Waals surface area contributed by atoms with Crippen LogP contribution >= 0.6 is 11.3 Å². The maximum Gasteiger partial charge on any atom is 0.263 e. The summed E-state index contributed by atoms with van der Waals surface area (Å²) in [6.45, 7) is 2.63. The second-order valence-electron chi connectivity index (χ2n) is 7.05. The quantitative estimate of drug-likeness (QED) is 0.819. The maximum atomic E-state index is 12.9. The molecule has 138 valence electrons. The van der Waals surface area contributed by atoms with Crippen molar-refractivity contribution in [3.63, 3.8) is 0 Å². The van der Waals surface area contributed by atoms with Crippen LogP contribution in [0.15, 0.2) is 17.5 Å². The average Bonchev–Trinajstić information content (AvgIpc) is 3.40. The van der Waals surface area contributed by atoms with Crippen LogP contribution < -0.4 is 0 Å². The Bertz CT molecular complexity index is 801. The largest absolute Gasteiger partial charge is 0.338 e. The molecule has 0 bridgehead atoms. The second kappa shape index (κ2) is 7.19. The van der Waals surface area contributed by atoms with E-state index in [-0.39, 0.29) is 17.7 Å². The number of amides is 2. The summed E-state index contributed by atoms with van der Waals surface area (Å²) < 4.78 is 2.12. The first-order chi connectivity index (χ1) is 12.6. The number of piperidine rings is 1. The van der Waals surface area contributed by atoms with Gasteiger partial charge in [0.05, 0.1) is 17.3 Å². The smallest absolute Gasteiger partial charge is 0.263 e. The number of hydrogen-bond acceptors (Lipinski definition) is 5. The molecule has 1 atom stereocenters. The maximum absolute atomic E-state index is 12.9. The average molecular weight is 373 g/mol. The zero-order valence-corrected chi connectivity index (χ0v) is 15.7. The summed E-state index contributed by atoms with van der Waals surface area (Å²) in [5.74, 6) is 1.86. The minimum atomic E-state index is -0.140. The fourth-order valence-corrected chi connectivity index (χ4v) is 4.54. The highest BCUT2D eigenvalue weighted by molar-refractivity contribution is 7.12. The number of aromatic nitrogens is 3. The molecule has 8 heteroatoms. The van der Waals surface area contributed by atoms with Gasteiger partial charge in [0.25, 0.3) is 5.91 Å². The molecular weight excluding hydrogens is 350 g/mol. The number of nitrogens with zero attached hydrogens (tertiary/aromatic N) is 5. The highest BCUT2D eigenvalue weighted by atomic mass is 32.1. The molecule has 0 radical (unpaired) electrons. The van der Waals surface area contributed by atoms with Crippen molar-refractivity contribution < 1.29 is 9.59 Å². The first kappa shape index (κ1) is 17.2. The van der Waals surface area contributed by atoms with Crippen molar-refractivity contribution in [2.24, 2.45) is 5.92 Å². The number of hydrogen-bond donors (Lipinski definition) is 0. The summed E-state index contributed by atoms with van der Waals surface area (Å²) in [5.41, 5.74) is 0. The molecule has 0 aliphatic carbocycles. The second-order valence-corrected chi connectivity index (χ2v) is 8.00. The van der Waals surface area contributed by atoms with Gasteiger partial charge in [-0.2, -0.15) is 0 Å². The third-order valence-electron chi connectivity index (χ3n) is 5.23. The van der Waals surface area contributed by atoms with Gasteiger partial charge in [0.15, 0.2) is 5.82 Å². The summed E-state index contributed by atoms with van der Waals surface area (Å²) in [4.78, 5) is 29.8. The molecule has 2 aliphatic heterocycles. The molecular formula is C18H23N5O2S. The zero-order valence-electron chi connectivity index (χ0n) is 14.9. The third-order valence-corrected chi connectivity index (χ3v) is 6.09. The van der Waals surface area contributed by atoms with Crippen LogP contribution in [0.2, 0.25) is 0 Å². The highest BCUT2D eigenvalue weighted by Crippen LogP contribution is 2.23. The van der Waals surface area contributed by atoms with E-state index in [1.807, 2.05) is 29.5 Å². The van der Waals surface area contributed by atoms with Crippen molar-refractivity contribution >= 4 is 23.2 Å². The van der Waals surface area contributed by atoms with Crippen LogP contribution in [0.1, 0.15) is 40.6 Å². The van der Waals surface area contributed by atoms with Gasteiger partial charge in [-0.05, 0) is 30.7 Å². The van der Waals surface area contributed by atoms with Crippen molar-refractivity contribution in [2.45, 2.75) is 38.8 Å². The van der Waals surface area contributed by atoms with E-state index >= 15 is 0 Å². The number of thiophene rings is 1. The molecule has 26 heavy (non-hydrogen) atoms. The van der Waals surface area contributed by atoms with Gasteiger partial charge in [-0.3, -0.25) is 9.59 Å². The van der Waals surface area contributed by atoms with Crippen molar-refractivity contribution in [1.29, 1.82) is 0 Å². The van der Waals surface area contributed by atoms with Crippen molar-refractivity contribution in [3.8, 4) is 0 Å². The normalized spacial score (nSPS) is 19.4. The molecule has 0 N–H and O–H groups in total. The van der Waals surface area contributed by atoms with Crippen LogP contribution in [0.4, 0.5) is 0 Å². The zero-order chi connectivity index (χ0) is 18.1. The van der Waals surface area contributed by atoms with E-state index in [1.165, 1.54) is 11.3 Å². The molecule has 0 saturated carbocycles. The van der Waals surface area contributed by atoms with E-state index in [0.717, 1.165) is 55.3 Å². The van der Waals surface area contributed by atoms with Crippen LogP contribution in [0, 0.1) is 5.92 Å². The van der Waals surface area contributed by atoms with Crippen LogP contribution in [-0.2, 0) is 24.3 Å². The van der Waals surface area contributed by atoms with E-state index < -0.39 is 0 Å². The summed E-state index contributed by atoms with van der Waals surface area (Å²) >= 11 is 1.45. The Labute approximate surface area is 156 Å². The molecule has 1 fully saturated rings. The predicted molar refractivity (Wildman–Crippen MR) is 97.8 cm³/mol. The van der Waals surface area contributed by atoms with Crippen LogP contribution in [-0.4, -0.2) is 56.5 Å². The molecule has 4 heterocycles. The lowest BCUT2D eigenvalue weighted by molar-refractivity contribution is -0.136. The van der Waals surface area contributed by atoms with Crippen molar-refractivity contribution in [2.75, 3.05) is 20.1 Å². The van der Waals surface area contributed by atoms with Gasteiger partial charge < -0.3 is 14.4 Å². The minimum absolute atomic E-state index is 0.0374. The first-order valence-corrected chi connectivity index (χ1v) is 10.00. The van der Waals surface area contributed by atoms with Gasteiger partial charge in [0.2, 0.25) is 5.91 Å². The monoisotopic (exact) mass is 373 g/mol. The minimum Gasteiger partial charge on any atom is -0.338 e. The van der Waals surface area contributed by atoms with Gasteiger partial charge in [-0.1, -0.05) is 6.07 Å². The number of rotatable bonds is 4. The van der Waals surface area contributed by atoms with Gasteiger partial charge in [-0.25, -0.2) is 0 Å². The third kappa shape index (κ3) is 3.25. The lowest BCUT2D eigenvalue weighted by atomic mass is 9.96. The topological polar surface area (TPSA) is 71.3 Å². The highest BCUT2D eigenvalue weighted by Gasteiger charge is 2.31. The Balaban J connectivity index is 1.39. The lowest BCUT2D eigenvalue weighted by Gasteiger charge is -2.33. The fourth-order valence-electron chi connectivity index (χ4n) is 3.85. The Morgan fingerprint density at radius 3 is 3.00 bits per heavy atom. The number of carbonyl (C=O) groups is 2. The SMILES string of the molecule is CN(Cc1nnc2n1CCC2)C(=O)[C@@H]1CCCN(C(=O)c2cccs2)C1. The van der Waals surface area contributed by atoms with Crippen LogP contribution in [0.5, 0.6) is 0 Å². The first-order valence-electron chi connectivity index (χ1n) is 9.12. The number of carbonyl (C=O) groups excluding carboxylic acids is 2. The fraction of sp³-hybridized carbons (Fsp3) is 0.556. The molecule has 0 spiro atoms. The van der Waals surface area contributed by atoms with Crippen molar-refractivity contribution in [1.82, 2.24) is 24.6 Å². The molecule has 7 nitrogen and oxygen atoms in total. The molecule has 2 aliphatic rings. The number of aryl methyl sites for hydroxylation is 1. The summed E-state index contributed by atoms with van der Waals surface area (Å²) in [6, 6.07) is 3.73. The van der Waals surface area contributed by atoms with Gasteiger partial charge in [-0.15, -0.1) is 21.5 Å². The summed E-state index contributed by atoms with van der Waals surface area (Å²) in [7, 11) is 1.82. The van der Waals surface area contributed by atoms with E-state index in [9.17, 15) is 9.59 Å². The van der Waals surface area contributed by atoms with E-state index in [2.05, 4.69) is 14.8 Å². The lowest BCUT2D eigenvalue weighted by Crippen LogP contribution is -2.45. The predicted octanol–water partition coefficient (Wildman–Crippen LogP) is 1.80. The molecule has 4 rings (SSSR count). The van der Waals surface area contributed by atoms with E-state index in [4.69, 9.17) is 0 Å². The van der Waals surface area contributed by atoms with Crippen LogP contribution in [0.25, 0.3) is 0 Å². The Hall–Kier alpha value is -2.22. The Morgan fingerprint density at radius 2 is 2.19 bits per heavy atom. The molecule has 0 aromatic carbocycles. The van der Waals surface area contributed by atoms with Crippen molar-refractivity contribution in [3.05, 3.63) is 34.0 Å². The molecule has 1 saturated heterocycles. The Morgan fingerprint density at radius 1 is 1.31 bits per heavy atom. The van der Waals surface area contributed by atoms with Gasteiger partial charge in [0, 0.05) is 33.1 Å². The van der Waals surface area contributed by atoms with Gasteiger partial charge >= 0.3 is 0 Å². The van der Waals surface area contributed by atoms with E-state index in [0.29, 0.717) is 13.1 Å². The molecule has 2 aromatic rings. The van der Waals surface area contributed by atoms with E-state index in [1.54, 1.807) is 4.90 Å². The number of fused-ring (bicyclic) bond motifs is 1. The standard InChI is InChI=1S/C18H23N5O2S/c1-21(12-16-20-19-15-7-3-9-23(15)16)17(24)13-5-2-8-22(11-13)18(25)14-6-4-10-26-14/h4,6,10,13H,2-3,5,7-9,11-12H2,1H3/t13-/m1/s1. The molecule has 2 aromatic heterocycles. The van der Waals surface area contributed by atoms with Crippen LogP contribution in [0.3, 0.4) is 0 Å².